The molecule has 11 heteroatoms. The number of benzene rings is 2. The summed E-state index contributed by atoms with van der Waals surface area (Å²) in [7, 11) is 1.65. The topological polar surface area (TPSA) is 94.0 Å². The van der Waals surface area contributed by atoms with Crippen LogP contribution in [0.1, 0.15) is 5.82 Å². The van der Waals surface area contributed by atoms with Gasteiger partial charge in [-0.25, -0.2) is 18.7 Å². The highest BCUT2D eigenvalue weighted by atomic mass is 19.1. The van der Waals surface area contributed by atoms with Gasteiger partial charge in [0, 0.05) is 45.0 Å². The fraction of sp³-hybridized carbons (Fsp3) is 0.348. The van der Waals surface area contributed by atoms with Crippen molar-refractivity contribution in [3.63, 3.8) is 0 Å². The number of nitrogen functional groups attached to an aromatic ring is 1. The van der Waals surface area contributed by atoms with E-state index in [9.17, 15) is 8.78 Å². The Morgan fingerprint density at radius 3 is 2.50 bits per heavy atom. The Bertz CT molecular complexity index is 1300. The van der Waals surface area contributed by atoms with Gasteiger partial charge in [-0.15, -0.1) is 5.10 Å². The maximum Gasteiger partial charge on any atom is 0.223 e. The number of piperazine rings is 1. The number of rotatable bonds is 7. The van der Waals surface area contributed by atoms with Crippen LogP contribution in [-0.4, -0.2) is 71.0 Å². The number of halogens is 2. The molecule has 3 heterocycles. The molecule has 4 aromatic rings. The first kappa shape index (κ1) is 22.2. The zero-order valence-electron chi connectivity index (χ0n) is 18.7. The fourth-order valence-electron chi connectivity index (χ4n) is 4.13. The molecule has 0 atom stereocenters. The van der Waals surface area contributed by atoms with Gasteiger partial charge in [0.2, 0.25) is 5.95 Å². The van der Waals surface area contributed by atoms with E-state index in [4.69, 9.17) is 15.2 Å². The Labute approximate surface area is 194 Å². The first-order valence-electron chi connectivity index (χ1n) is 11.0. The van der Waals surface area contributed by atoms with Crippen LogP contribution in [0.2, 0.25) is 0 Å². The molecule has 0 aliphatic carbocycles. The smallest absolute Gasteiger partial charge is 0.223 e. The van der Waals surface area contributed by atoms with Crippen LogP contribution in [0.25, 0.3) is 16.6 Å². The number of hydrogen-bond acceptors (Lipinski definition) is 8. The van der Waals surface area contributed by atoms with E-state index in [1.54, 1.807) is 7.11 Å². The summed E-state index contributed by atoms with van der Waals surface area (Å²) in [4.78, 5) is 13.1. The third-order valence-electron chi connectivity index (χ3n) is 5.86. The molecule has 2 aromatic heterocycles. The van der Waals surface area contributed by atoms with Crippen molar-refractivity contribution in [1.29, 1.82) is 0 Å². The predicted octanol–water partition coefficient (Wildman–Crippen LogP) is 2.49. The van der Waals surface area contributed by atoms with E-state index in [-0.39, 0.29) is 16.9 Å². The number of hydrogen-bond donors (Lipinski definition) is 1. The highest BCUT2D eigenvalue weighted by Crippen LogP contribution is 2.24. The van der Waals surface area contributed by atoms with Crippen LogP contribution in [0.5, 0.6) is 5.75 Å². The van der Waals surface area contributed by atoms with Crippen LogP contribution in [0.15, 0.2) is 36.4 Å². The first-order valence-corrected chi connectivity index (χ1v) is 11.0. The Morgan fingerprint density at radius 1 is 1.00 bits per heavy atom. The molecule has 178 valence electrons. The Morgan fingerprint density at radius 2 is 1.76 bits per heavy atom. The van der Waals surface area contributed by atoms with Crippen LogP contribution in [0, 0.1) is 11.6 Å². The van der Waals surface area contributed by atoms with Crippen molar-refractivity contribution >= 4 is 28.2 Å². The molecule has 0 radical (unpaired) electrons. The molecular weight excluding hydrogens is 444 g/mol. The van der Waals surface area contributed by atoms with E-state index in [0.717, 1.165) is 43.7 Å². The zero-order chi connectivity index (χ0) is 23.7. The lowest BCUT2D eigenvalue weighted by atomic mass is 10.2. The van der Waals surface area contributed by atoms with Crippen molar-refractivity contribution < 1.29 is 18.3 Å². The van der Waals surface area contributed by atoms with Crippen molar-refractivity contribution in [2.75, 3.05) is 57.1 Å². The molecule has 1 saturated heterocycles. The number of aromatic nitrogens is 4. The highest BCUT2D eigenvalue weighted by molar-refractivity contribution is 5.92. The summed E-state index contributed by atoms with van der Waals surface area (Å²) in [6.07, 6.45) is 0. The predicted molar refractivity (Wildman–Crippen MR) is 124 cm³/mol. The van der Waals surface area contributed by atoms with Crippen molar-refractivity contribution in [3.8, 4) is 5.75 Å². The van der Waals surface area contributed by atoms with E-state index < -0.39 is 11.6 Å². The average Bonchev–Trinajstić information content (AvgIpc) is 3.26. The van der Waals surface area contributed by atoms with Crippen LogP contribution in [0.4, 0.5) is 20.4 Å². The Balaban J connectivity index is 1.25. The molecule has 0 bridgehead atoms. The third kappa shape index (κ3) is 4.44. The summed E-state index contributed by atoms with van der Waals surface area (Å²) < 4.78 is 39.9. The van der Waals surface area contributed by atoms with Crippen molar-refractivity contribution in [2.24, 2.45) is 0 Å². The van der Waals surface area contributed by atoms with E-state index in [1.807, 2.05) is 12.1 Å². The molecule has 0 saturated carbocycles. The monoisotopic (exact) mass is 469 g/mol. The second kappa shape index (κ2) is 9.35. The number of nitrogens with zero attached hydrogens (tertiary/aromatic N) is 6. The molecule has 34 heavy (non-hydrogen) atoms. The highest BCUT2D eigenvalue weighted by Gasteiger charge is 2.21. The first-order chi connectivity index (χ1) is 16.5. The van der Waals surface area contributed by atoms with Crippen LogP contribution in [0.3, 0.4) is 0 Å². The molecule has 2 N–H and O–H groups in total. The number of fused-ring (bicyclic) bond motifs is 3. The molecule has 1 aliphatic heterocycles. The van der Waals surface area contributed by atoms with Gasteiger partial charge in [-0.05, 0) is 30.3 Å². The summed E-state index contributed by atoms with van der Waals surface area (Å²) in [5.41, 5.74) is 7.37. The van der Waals surface area contributed by atoms with Crippen molar-refractivity contribution in [3.05, 3.63) is 53.9 Å². The second-order valence-corrected chi connectivity index (χ2v) is 8.12. The largest absolute Gasteiger partial charge is 0.491 e. The summed E-state index contributed by atoms with van der Waals surface area (Å²) in [6.45, 7) is 4.91. The lowest BCUT2D eigenvalue weighted by molar-refractivity contribution is 0.146. The summed E-state index contributed by atoms with van der Waals surface area (Å²) >= 11 is 0. The summed E-state index contributed by atoms with van der Waals surface area (Å²) in [6, 6.07) is 10.0. The minimum absolute atomic E-state index is 0.00576. The normalized spacial score (nSPS) is 14.9. The molecular formula is C23H25F2N7O2. The minimum Gasteiger partial charge on any atom is -0.491 e. The molecule has 5 rings (SSSR count). The van der Waals surface area contributed by atoms with Gasteiger partial charge in [0.05, 0.1) is 18.5 Å². The lowest BCUT2D eigenvalue weighted by Crippen LogP contribution is -2.46. The van der Waals surface area contributed by atoms with Gasteiger partial charge in [0.25, 0.3) is 0 Å². The number of ether oxygens (including phenoxy) is 2. The van der Waals surface area contributed by atoms with Gasteiger partial charge in [-0.2, -0.15) is 4.52 Å². The third-order valence-corrected chi connectivity index (χ3v) is 5.86. The Kier molecular flexibility index (Phi) is 6.12. The SMILES string of the molecule is COCCOc1ccc(N2CCN(Cc3nc4c5cc(F)cc(F)c5nc(N)n4n3)CC2)cc1. The zero-order valence-corrected chi connectivity index (χ0v) is 18.7. The van der Waals surface area contributed by atoms with Gasteiger partial charge < -0.3 is 20.1 Å². The van der Waals surface area contributed by atoms with Gasteiger partial charge in [-0.1, -0.05) is 0 Å². The molecule has 1 aliphatic rings. The quantitative estimate of drug-likeness (QED) is 0.413. The van der Waals surface area contributed by atoms with Gasteiger partial charge in [0.15, 0.2) is 17.3 Å². The van der Waals surface area contributed by atoms with E-state index in [0.29, 0.717) is 31.2 Å². The maximum atomic E-state index is 14.2. The van der Waals surface area contributed by atoms with Crippen LogP contribution in [-0.2, 0) is 11.3 Å². The lowest BCUT2D eigenvalue weighted by Gasteiger charge is -2.35. The number of nitrogens with two attached hydrogens (primary N) is 1. The molecule has 9 nitrogen and oxygen atoms in total. The molecule has 2 aromatic carbocycles. The summed E-state index contributed by atoms with van der Waals surface area (Å²) in [5, 5.41) is 4.67. The molecule has 0 amide bonds. The molecule has 1 fully saturated rings. The minimum atomic E-state index is -0.778. The van der Waals surface area contributed by atoms with E-state index in [2.05, 4.69) is 37.0 Å². The van der Waals surface area contributed by atoms with Crippen LogP contribution >= 0.6 is 0 Å². The number of anilines is 2. The molecule has 0 spiro atoms. The number of methoxy groups -OCH3 is 1. The van der Waals surface area contributed by atoms with Gasteiger partial charge in [0.1, 0.15) is 23.7 Å². The standard InChI is InChI=1S/C23H25F2N7O2/c1-33-10-11-34-17-4-2-16(3-5-17)31-8-6-30(7-9-31)14-20-27-22-18-12-15(24)13-19(25)21(18)28-23(26)32(22)29-20/h2-5,12-13H,6-11,14H2,1H3,(H2,26,28). The average molecular weight is 469 g/mol. The van der Waals surface area contributed by atoms with E-state index in [1.165, 1.54) is 10.6 Å². The molecule has 0 unspecified atom stereocenters. The van der Waals surface area contributed by atoms with Gasteiger partial charge >= 0.3 is 0 Å². The fourth-order valence-corrected chi connectivity index (χ4v) is 4.13. The van der Waals surface area contributed by atoms with Crippen LogP contribution < -0.4 is 15.4 Å². The van der Waals surface area contributed by atoms with Crippen molar-refractivity contribution in [1.82, 2.24) is 24.5 Å². The van der Waals surface area contributed by atoms with Crippen molar-refractivity contribution in [2.45, 2.75) is 6.54 Å². The van der Waals surface area contributed by atoms with Gasteiger partial charge in [-0.3, -0.25) is 4.90 Å². The second-order valence-electron chi connectivity index (χ2n) is 8.12. The summed E-state index contributed by atoms with van der Waals surface area (Å²) in [5.74, 6) is -0.130. The maximum absolute atomic E-state index is 14.2. The Hall–Kier alpha value is -3.57. The van der Waals surface area contributed by atoms with E-state index >= 15 is 0 Å².